The highest BCUT2D eigenvalue weighted by molar-refractivity contribution is 6.30. The first-order valence-corrected chi connectivity index (χ1v) is 12.4. The maximum Gasteiger partial charge on any atom is 0.0973 e. The third-order valence-corrected chi connectivity index (χ3v) is 6.75. The van der Waals surface area contributed by atoms with Gasteiger partial charge in [0.25, 0.3) is 0 Å². The fourth-order valence-corrected chi connectivity index (χ4v) is 4.95. The Kier molecular flexibility index (Phi) is 9.87. The molecule has 2 aliphatic rings. The Bertz CT molecular complexity index is 639. The number of halogens is 1. The number of benzene rings is 1. The van der Waals surface area contributed by atoms with Crippen LogP contribution < -0.4 is 0 Å². The van der Waals surface area contributed by atoms with Gasteiger partial charge in [-0.05, 0) is 62.9 Å². The minimum Gasteiger partial charge on any atom is -0.302 e. The lowest BCUT2D eigenvalue weighted by Crippen LogP contribution is -2.41. The first-order chi connectivity index (χ1) is 14.3. The van der Waals surface area contributed by atoms with Gasteiger partial charge in [0.1, 0.15) is 0 Å². The van der Waals surface area contributed by atoms with Gasteiger partial charge in [0.15, 0.2) is 0 Å². The predicted molar refractivity (Wildman–Crippen MR) is 125 cm³/mol. The summed E-state index contributed by atoms with van der Waals surface area (Å²) in [5.41, 5.74) is 1.30. The maximum absolute atomic E-state index is 6.16. The van der Waals surface area contributed by atoms with Crippen LogP contribution in [0.3, 0.4) is 0 Å². The van der Waals surface area contributed by atoms with E-state index in [-0.39, 0.29) is 6.04 Å². The summed E-state index contributed by atoms with van der Waals surface area (Å²) in [6.45, 7) is 7.21. The molecule has 2 unspecified atom stereocenters. The largest absolute Gasteiger partial charge is 0.302 e. The SMILES string of the molecule is CCCCCCCCC#CC(c1ccc(Cl)cc1)N1CCCC1CN1CCCC1. The van der Waals surface area contributed by atoms with Crippen LogP contribution in [-0.4, -0.2) is 42.0 Å². The molecule has 160 valence electrons. The lowest BCUT2D eigenvalue weighted by atomic mass is 10.0. The Labute approximate surface area is 184 Å². The second kappa shape index (κ2) is 12.6. The molecule has 29 heavy (non-hydrogen) atoms. The summed E-state index contributed by atoms with van der Waals surface area (Å²) >= 11 is 6.16. The molecule has 0 aliphatic carbocycles. The lowest BCUT2D eigenvalue weighted by Gasteiger charge is -2.32. The van der Waals surface area contributed by atoms with Crippen molar-refractivity contribution in [3.63, 3.8) is 0 Å². The van der Waals surface area contributed by atoms with E-state index in [9.17, 15) is 0 Å². The summed E-state index contributed by atoms with van der Waals surface area (Å²) in [6.07, 6.45) is 14.3. The second-order valence-electron chi connectivity index (χ2n) is 8.83. The van der Waals surface area contributed by atoms with Crippen molar-refractivity contribution >= 4 is 11.6 Å². The van der Waals surface area contributed by atoms with Crippen LogP contribution >= 0.6 is 11.6 Å². The number of hydrogen-bond acceptors (Lipinski definition) is 2. The quantitative estimate of drug-likeness (QED) is 0.310. The highest BCUT2D eigenvalue weighted by atomic mass is 35.5. The molecule has 3 heteroatoms. The molecule has 0 bridgehead atoms. The van der Waals surface area contributed by atoms with E-state index >= 15 is 0 Å². The average Bonchev–Trinajstić information content (AvgIpc) is 3.41. The summed E-state index contributed by atoms with van der Waals surface area (Å²) in [5, 5.41) is 0.808. The van der Waals surface area contributed by atoms with Crippen LogP contribution in [0.5, 0.6) is 0 Å². The van der Waals surface area contributed by atoms with E-state index in [1.807, 2.05) is 12.1 Å². The molecular weight excluding hydrogens is 376 g/mol. The van der Waals surface area contributed by atoms with E-state index in [0.717, 1.165) is 18.0 Å². The van der Waals surface area contributed by atoms with E-state index in [0.29, 0.717) is 6.04 Å². The zero-order valence-electron chi connectivity index (χ0n) is 18.3. The second-order valence-corrected chi connectivity index (χ2v) is 9.27. The Morgan fingerprint density at radius 2 is 1.69 bits per heavy atom. The molecule has 3 rings (SSSR count). The smallest absolute Gasteiger partial charge is 0.0973 e. The molecule has 1 aromatic rings. The molecule has 1 aromatic carbocycles. The zero-order valence-corrected chi connectivity index (χ0v) is 19.1. The fourth-order valence-electron chi connectivity index (χ4n) is 4.82. The van der Waals surface area contributed by atoms with Gasteiger partial charge in [0.05, 0.1) is 6.04 Å². The maximum atomic E-state index is 6.16. The number of unbranched alkanes of at least 4 members (excludes halogenated alkanes) is 6. The average molecular weight is 415 g/mol. The van der Waals surface area contributed by atoms with Crippen LogP contribution in [0.2, 0.25) is 5.02 Å². The molecule has 0 aromatic heterocycles. The summed E-state index contributed by atoms with van der Waals surface area (Å²) in [5.74, 6) is 7.21. The van der Waals surface area contributed by atoms with Crippen molar-refractivity contribution in [1.82, 2.24) is 9.80 Å². The van der Waals surface area contributed by atoms with E-state index in [1.54, 1.807) is 0 Å². The molecule has 2 atom stereocenters. The number of hydrogen-bond donors (Lipinski definition) is 0. The molecule has 0 amide bonds. The molecule has 2 heterocycles. The Balaban J connectivity index is 1.62. The van der Waals surface area contributed by atoms with Crippen molar-refractivity contribution in [3.8, 4) is 11.8 Å². The van der Waals surface area contributed by atoms with Crippen molar-refractivity contribution < 1.29 is 0 Å². The Morgan fingerprint density at radius 3 is 2.45 bits per heavy atom. The first kappa shape index (κ1) is 22.7. The van der Waals surface area contributed by atoms with Crippen LogP contribution in [0.4, 0.5) is 0 Å². The number of likely N-dealkylation sites (tertiary alicyclic amines) is 2. The number of nitrogens with zero attached hydrogens (tertiary/aromatic N) is 2. The molecule has 0 radical (unpaired) electrons. The standard InChI is InChI=1S/C26H39ClN2/c1-2-3-4-5-6-7-8-9-14-26(23-15-17-24(27)18-16-23)29-21-12-13-25(29)22-28-19-10-11-20-28/h15-18,25-26H,2-8,10-13,19-22H2,1H3. The molecule has 0 saturated carbocycles. The summed E-state index contributed by atoms with van der Waals surface area (Å²) in [4.78, 5) is 5.33. The third kappa shape index (κ3) is 7.32. The molecular formula is C26H39ClN2. The van der Waals surface area contributed by atoms with E-state index < -0.39 is 0 Å². The number of rotatable bonds is 10. The Hall–Kier alpha value is -1.01. The van der Waals surface area contributed by atoms with Gasteiger partial charge in [-0.2, -0.15) is 0 Å². The van der Waals surface area contributed by atoms with Gasteiger partial charge < -0.3 is 4.90 Å². The van der Waals surface area contributed by atoms with Crippen LogP contribution in [0.15, 0.2) is 24.3 Å². The topological polar surface area (TPSA) is 6.48 Å². The Morgan fingerprint density at radius 1 is 0.966 bits per heavy atom. The minimum absolute atomic E-state index is 0.211. The van der Waals surface area contributed by atoms with Crippen molar-refractivity contribution in [2.45, 2.75) is 89.6 Å². The van der Waals surface area contributed by atoms with Crippen LogP contribution in [0, 0.1) is 11.8 Å². The van der Waals surface area contributed by atoms with Gasteiger partial charge in [0.2, 0.25) is 0 Å². The van der Waals surface area contributed by atoms with E-state index in [4.69, 9.17) is 11.6 Å². The van der Waals surface area contributed by atoms with Gasteiger partial charge in [-0.3, -0.25) is 4.90 Å². The summed E-state index contributed by atoms with van der Waals surface area (Å²) in [7, 11) is 0. The molecule has 2 saturated heterocycles. The highest BCUT2D eigenvalue weighted by Crippen LogP contribution is 2.31. The van der Waals surface area contributed by atoms with Crippen LogP contribution in [-0.2, 0) is 0 Å². The van der Waals surface area contributed by atoms with Crippen molar-refractivity contribution in [1.29, 1.82) is 0 Å². The van der Waals surface area contributed by atoms with Gasteiger partial charge in [-0.25, -0.2) is 0 Å². The minimum atomic E-state index is 0.211. The predicted octanol–water partition coefficient (Wildman–Crippen LogP) is 6.70. The van der Waals surface area contributed by atoms with Crippen LogP contribution in [0.1, 0.15) is 89.2 Å². The van der Waals surface area contributed by atoms with Gasteiger partial charge >= 0.3 is 0 Å². The summed E-state index contributed by atoms with van der Waals surface area (Å²) in [6, 6.07) is 9.24. The van der Waals surface area contributed by atoms with Gasteiger partial charge in [-0.1, -0.05) is 68.7 Å². The molecule has 2 fully saturated rings. The molecule has 0 spiro atoms. The molecule has 2 nitrogen and oxygen atoms in total. The zero-order chi connectivity index (χ0) is 20.3. The van der Waals surface area contributed by atoms with E-state index in [2.05, 4.69) is 40.7 Å². The summed E-state index contributed by atoms with van der Waals surface area (Å²) < 4.78 is 0. The third-order valence-electron chi connectivity index (χ3n) is 6.50. The van der Waals surface area contributed by atoms with Crippen molar-refractivity contribution in [3.05, 3.63) is 34.9 Å². The van der Waals surface area contributed by atoms with E-state index in [1.165, 1.54) is 89.4 Å². The van der Waals surface area contributed by atoms with Gasteiger partial charge in [-0.15, -0.1) is 5.92 Å². The monoisotopic (exact) mass is 414 g/mol. The first-order valence-electron chi connectivity index (χ1n) is 12.0. The van der Waals surface area contributed by atoms with Crippen molar-refractivity contribution in [2.75, 3.05) is 26.2 Å². The normalized spacial score (nSPS) is 21.2. The van der Waals surface area contributed by atoms with Gasteiger partial charge in [0, 0.05) is 30.6 Å². The molecule has 0 N–H and O–H groups in total. The highest BCUT2D eigenvalue weighted by Gasteiger charge is 2.32. The molecule has 2 aliphatic heterocycles. The van der Waals surface area contributed by atoms with Crippen LogP contribution in [0.25, 0.3) is 0 Å². The fraction of sp³-hybridized carbons (Fsp3) is 0.692. The van der Waals surface area contributed by atoms with Crippen molar-refractivity contribution in [2.24, 2.45) is 0 Å². The lowest BCUT2D eigenvalue weighted by molar-refractivity contribution is 0.168.